The van der Waals surface area contributed by atoms with E-state index in [1.54, 1.807) is 60.7 Å². The molecule has 1 unspecified atom stereocenters. The molecule has 4 aromatic carbocycles. The number of carbonyl (C=O) groups is 6. The van der Waals surface area contributed by atoms with E-state index in [2.05, 4.69) is 13.2 Å². The van der Waals surface area contributed by atoms with Gasteiger partial charge in [0.25, 0.3) is 0 Å². The Morgan fingerprint density at radius 3 is 1.35 bits per heavy atom. The van der Waals surface area contributed by atoms with Gasteiger partial charge < -0.3 is 37.9 Å². The Bertz CT molecular complexity index is 2530. The van der Waals surface area contributed by atoms with Crippen molar-refractivity contribution >= 4 is 35.8 Å². The molecule has 1 spiro atoms. The van der Waals surface area contributed by atoms with Crippen LogP contribution in [-0.4, -0.2) is 68.0 Å². The Morgan fingerprint density at radius 2 is 0.912 bits per heavy atom. The van der Waals surface area contributed by atoms with Crippen molar-refractivity contribution in [1.29, 1.82) is 0 Å². The number of hydrogen-bond acceptors (Lipinski definition) is 14. The van der Waals surface area contributed by atoms with Crippen LogP contribution in [0.1, 0.15) is 107 Å². The van der Waals surface area contributed by atoms with E-state index in [0.717, 1.165) is 34.4 Å². The zero-order chi connectivity index (χ0) is 47.6. The summed E-state index contributed by atoms with van der Waals surface area (Å²) < 4.78 is 44.5. The van der Waals surface area contributed by atoms with Crippen LogP contribution in [0.3, 0.4) is 0 Å². The lowest BCUT2D eigenvalue weighted by atomic mass is 9.73. The molecule has 1 atom stereocenters. The summed E-state index contributed by atoms with van der Waals surface area (Å²) in [5.41, 5.74) is 3.96. The van der Waals surface area contributed by atoms with Crippen LogP contribution >= 0.6 is 0 Å². The average Bonchev–Trinajstić information content (AvgIpc) is 3.94. The van der Waals surface area contributed by atoms with Gasteiger partial charge in [-0.05, 0) is 160 Å². The van der Waals surface area contributed by atoms with E-state index in [0.29, 0.717) is 99.7 Å². The van der Waals surface area contributed by atoms with E-state index in [1.807, 2.05) is 24.3 Å². The van der Waals surface area contributed by atoms with E-state index in [1.165, 1.54) is 0 Å². The largest absolute Gasteiger partial charge is 0.460 e. The van der Waals surface area contributed by atoms with Crippen LogP contribution in [0, 0.1) is 11.8 Å². The molecule has 0 bridgehead atoms. The zero-order valence-corrected chi connectivity index (χ0v) is 37.8. The van der Waals surface area contributed by atoms with Gasteiger partial charge in [0.05, 0.1) is 41.8 Å². The lowest BCUT2D eigenvalue weighted by molar-refractivity contribution is -0.157. The summed E-state index contributed by atoms with van der Waals surface area (Å²) >= 11 is 0. The van der Waals surface area contributed by atoms with Gasteiger partial charge in [-0.1, -0.05) is 37.4 Å². The molecule has 2 saturated carbocycles. The van der Waals surface area contributed by atoms with Gasteiger partial charge in [0.2, 0.25) is 0 Å². The molecule has 4 aliphatic rings. The van der Waals surface area contributed by atoms with E-state index in [9.17, 15) is 28.8 Å². The monoisotopic (exact) mass is 926 g/mol. The Morgan fingerprint density at radius 1 is 0.500 bits per heavy atom. The van der Waals surface area contributed by atoms with Gasteiger partial charge in [0.1, 0.15) is 29.6 Å². The quantitative estimate of drug-likeness (QED) is 0.0323. The lowest BCUT2D eigenvalue weighted by Gasteiger charge is -2.30. The van der Waals surface area contributed by atoms with Gasteiger partial charge in [-0.3, -0.25) is 9.59 Å². The van der Waals surface area contributed by atoms with Crippen molar-refractivity contribution in [3.8, 4) is 23.0 Å². The van der Waals surface area contributed by atoms with E-state index in [-0.39, 0.29) is 67.5 Å². The summed E-state index contributed by atoms with van der Waals surface area (Å²) in [4.78, 5) is 76.6. The van der Waals surface area contributed by atoms with Gasteiger partial charge in [-0.2, -0.15) is 0 Å². The van der Waals surface area contributed by atoms with E-state index >= 15 is 0 Å². The molecule has 0 aromatic heterocycles. The number of benzene rings is 4. The fraction of sp³-hybridized carbons (Fsp3) is 0.370. The van der Waals surface area contributed by atoms with Gasteiger partial charge >= 0.3 is 35.8 Å². The van der Waals surface area contributed by atoms with Gasteiger partial charge in [0, 0.05) is 17.6 Å². The summed E-state index contributed by atoms with van der Waals surface area (Å²) in [5, 5.41) is 0. The predicted octanol–water partition coefficient (Wildman–Crippen LogP) is 8.68. The van der Waals surface area contributed by atoms with Crippen molar-refractivity contribution < 1.29 is 66.7 Å². The van der Waals surface area contributed by atoms with Crippen molar-refractivity contribution in [2.24, 2.45) is 11.8 Å². The second-order valence-electron chi connectivity index (χ2n) is 17.5. The van der Waals surface area contributed by atoms with Gasteiger partial charge in [0.15, 0.2) is 6.79 Å². The zero-order valence-electron chi connectivity index (χ0n) is 37.8. The third kappa shape index (κ3) is 11.1. The van der Waals surface area contributed by atoms with E-state index in [4.69, 9.17) is 37.9 Å². The Kier molecular flexibility index (Phi) is 15.3. The number of carbonyl (C=O) groups excluding carboxylic acids is 6. The number of hydrogen-bond donors (Lipinski definition) is 0. The first-order valence-electron chi connectivity index (χ1n) is 23.2. The molecule has 14 nitrogen and oxygen atoms in total. The molecule has 0 saturated heterocycles. The Labute approximate surface area is 394 Å². The van der Waals surface area contributed by atoms with E-state index < -0.39 is 29.3 Å². The fourth-order valence-corrected chi connectivity index (χ4v) is 10.0. The van der Waals surface area contributed by atoms with Crippen molar-refractivity contribution in [2.75, 3.05) is 20.0 Å². The van der Waals surface area contributed by atoms with Gasteiger partial charge in [-0.15, -0.1) is 0 Å². The minimum absolute atomic E-state index is 0.0222. The SMILES string of the molecule is C=CC(=O)OCCOC1CCC(C(=O)Oc2ccc(OC(=O)c3cccc4c3C3(CC4)CCc4cccc(C(=O)Oc5ccc(OC(=O)C6CCC(OCOC(=O)C=C)CC6)cc5)c43)cc2)CC1. The number of esters is 6. The molecule has 8 rings (SSSR count). The molecule has 0 N–H and O–H groups in total. The van der Waals surface area contributed by atoms with Crippen LogP contribution in [0.5, 0.6) is 23.0 Å². The topological polar surface area (TPSA) is 176 Å². The van der Waals surface area contributed by atoms with Crippen LogP contribution in [0.15, 0.2) is 110 Å². The normalized spacial score (nSPS) is 21.4. The molecule has 0 aliphatic heterocycles. The van der Waals surface area contributed by atoms with Crippen molar-refractivity contribution in [1.82, 2.24) is 0 Å². The van der Waals surface area contributed by atoms with Crippen molar-refractivity contribution in [3.05, 3.63) is 144 Å². The Hall–Kier alpha value is -6.90. The summed E-state index contributed by atoms with van der Waals surface area (Å²) in [6, 6.07) is 24.0. The highest BCUT2D eigenvalue weighted by Gasteiger charge is 2.49. The summed E-state index contributed by atoms with van der Waals surface area (Å²) in [7, 11) is 0. The summed E-state index contributed by atoms with van der Waals surface area (Å²) in [6.07, 6.45) is 9.84. The standard InChI is InChI=1S/C54H54O14/c1-3-46(55)62-32-31-61-38-15-11-36(12-16-38)50(57)65-40-19-23-42(24-20-40)67-52(59)44-9-5-7-34-27-29-54(48(34)44)30-28-35-8-6-10-45(49(35)54)53(60)68-43-25-21-41(22-26-43)66-51(58)37-13-17-39(18-14-37)63-33-64-47(56)4-2/h3-10,19-26,36-39H,1-2,11-18,27-33H2. The second-order valence-corrected chi connectivity index (χ2v) is 17.5. The van der Waals surface area contributed by atoms with Gasteiger partial charge in [-0.25, -0.2) is 19.2 Å². The van der Waals surface area contributed by atoms with Crippen molar-refractivity contribution in [2.45, 2.75) is 94.7 Å². The first-order chi connectivity index (χ1) is 33.0. The molecule has 0 heterocycles. The molecule has 0 amide bonds. The average molecular weight is 927 g/mol. The number of ether oxygens (including phenoxy) is 8. The fourth-order valence-electron chi connectivity index (χ4n) is 10.0. The van der Waals surface area contributed by atoms with Crippen LogP contribution in [0.25, 0.3) is 0 Å². The first-order valence-corrected chi connectivity index (χ1v) is 23.2. The highest BCUT2D eigenvalue weighted by atomic mass is 16.7. The van der Waals surface area contributed by atoms with Crippen LogP contribution in [0.4, 0.5) is 0 Å². The number of fused-ring (bicyclic) bond motifs is 4. The molecule has 4 aromatic rings. The number of aryl methyl sites for hydroxylation is 2. The minimum Gasteiger partial charge on any atom is -0.460 e. The predicted molar refractivity (Wildman–Crippen MR) is 245 cm³/mol. The maximum Gasteiger partial charge on any atom is 0.343 e. The third-order valence-electron chi connectivity index (χ3n) is 13.4. The molecule has 354 valence electrons. The second kappa shape index (κ2) is 21.8. The molecular formula is C54H54O14. The minimum atomic E-state index is -0.624. The molecule has 0 radical (unpaired) electrons. The third-order valence-corrected chi connectivity index (χ3v) is 13.4. The lowest BCUT2D eigenvalue weighted by Crippen LogP contribution is -2.29. The summed E-state index contributed by atoms with van der Waals surface area (Å²) in [5.74, 6) is -2.17. The van der Waals surface area contributed by atoms with Crippen LogP contribution in [0.2, 0.25) is 0 Å². The maximum atomic E-state index is 14.1. The molecule has 14 heteroatoms. The highest BCUT2D eigenvalue weighted by molar-refractivity contribution is 5.97. The molecular weight excluding hydrogens is 873 g/mol. The summed E-state index contributed by atoms with van der Waals surface area (Å²) in [6.45, 7) is 6.98. The van der Waals surface area contributed by atoms with Crippen LogP contribution in [-0.2, 0) is 56.4 Å². The molecule has 4 aliphatic carbocycles. The highest BCUT2D eigenvalue weighted by Crippen LogP contribution is 2.54. The van der Waals surface area contributed by atoms with Crippen LogP contribution < -0.4 is 18.9 Å². The number of rotatable bonds is 17. The Balaban J connectivity index is 0.865. The molecule has 68 heavy (non-hydrogen) atoms. The maximum absolute atomic E-state index is 14.1. The van der Waals surface area contributed by atoms with Crippen molar-refractivity contribution in [3.63, 3.8) is 0 Å². The smallest absolute Gasteiger partial charge is 0.343 e. The molecule has 2 fully saturated rings. The first kappa shape index (κ1) is 47.6.